The highest BCUT2D eigenvalue weighted by molar-refractivity contribution is 7.54. The Balaban J connectivity index is 4.78. The molecule has 0 N–H and O–H groups in total. The second kappa shape index (κ2) is 6.34. The second-order valence-electron chi connectivity index (χ2n) is 4.45. The number of carbonyl (C=O) groups excluding carboxylic acids is 1. The van der Waals surface area contributed by atoms with E-state index in [2.05, 4.69) is 0 Å². The molecule has 0 aliphatic carbocycles. The summed E-state index contributed by atoms with van der Waals surface area (Å²) in [6, 6.07) is 0. The fraction of sp³-hybridized carbons (Fsp3) is 0.727. The maximum absolute atomic E-state index is 11.9. The van der Waals surface area contributed by atoms with E-state index in [1.807, 2.05) is 0 Å². The van der Waals surface area contributed by atoms with E-state index in [0.717, 1.165) is 0 Å². The van der Waals surface area contributed by atoms with Crippen LogP contribution in [0.3, 0.4) is 0 Å². The number of carbonyl (C=O) groups is 1. The maximum atomic E-state index is 11.9. The van der Waals surface area contributed by atoms with E-state index in [4.69, 9.17) is 13.8 Å². The van der Waals surface area contributed by atoms with Crippen molar-refractivity contribution in [2.24, 2.45) is 0 Å². The first-order chi connectivity index (χ1) is 7.67. The van der Waals surface area contributed by atoms with Crippen molar-refractivity contribution in [3.63, 3.8) is 0 Å². The number of rotatable bonds is 5. The van der Waals surface area contributed by atoms with Gasteiger partial charge in [-0.15, -0.1) is 0 Å². The Morgan fingerprint density at radius 1 is 1.24 bits per heavy atom. The lowest BCUT2D eigenvalue weighted by molar-refractivity contribution is -0.149. The molecular weight excluding hydrogens is 243 g/mol. The Labute approximate surface area is 103 Å². The Morgan fingerprint density at radius 3 is 2.00 bits per heavy atom. The monoisotopic (exact) mass is 264 g/mol. The van der Waals surface area contributed by atoms with E-state index in [1.54, 1.807) is 33.8 Å². The highest BCUT2D eigenvalue weighted by atomic mass is 31.2. The Morgan fingerprint density at radius 2 is 1.71 bits per heavy atom. The Bertz CT molecular complexity index is 332. The van der Waals surface area contributed by atoms with Crippen LogP contribution in [0.4, 0.5) is 0 Å². The van der Waals surface area contributed by atoms with Gasteiger partial charge in [0.05, 0.1) is 6.16 Å². The number of hydrogen-bond donors (Lipinski definition) is 0. The molecule has 6 heteroatoms. The number of hydrogen-bond acceptors (Lipinski definition) is 5. The number of esters is 1. The van der Waals surface area contributed by atoms with E-state index in [0.29, 0.717) is 0 Å². The zero-order valence-electron chi connectivity index (χ0n) is 11.3. The fourth-order valence-electron chi connectivity index (χ4n) is 1.03. The van der Waals surface area contributed by atoms with E-state index in [1.165, 1.54) is 14.2 Å². The van der Waals surface area contributed by atoms with Crippen molar-refractivity contribution < 1.29 is 23.1 Å². The lowest BCUT2D eigenvalue weighted by Crippen LogP contribution is -2.25. The van der Waals surface area contributed by atoms with Crippen LogP contribution in [0, 0.1) is 0 Å². The van der Waals surface area contributed by atoms with Gasteiger partial charge in [0.25, 0.3) is 0 Å². The van der Waals surface area contributed by atoms with Gasteiger partial charge in [-0.2, -0.15) is 0 Å². The first kappa shape index (κ1) is 16.4. The summed E-state index contributed by atoms with van der Waals surface area (Å²) in [4.78, 5) is 11.8. The van der Waals surface area contributed by atoms with Gasteiger partial charge in [0.1, 0.15) is 5.60 Å². The largest absolute Gasteiger partial charge is 0.457 e. The van der Waals surface area contributed by atoms with Crippen molar-refractivity contribution in [2.45, 2.75) is 33.3 Å². The summed E-state index contributed by atoms with van der Waals surface area (Å²) >= 11 is 0. The highest BCUT2D eigenvalue weighted by Crippen LogP contribution is 2.48. The summed E-state index contributed by atoms with van der Waals surface area (Å²) in [5.41, 5.74) is -0.304. The molecule has 0 rings (SSSR count). The average molecular weight is 264 g/mol. The molecule has 0 fully saturated rings. The molecule has 0 saturated heterocycles. The van der Waals surface area contributed by atoms with Gasteiger partial charge in [-0.3, -0.25) is 4.57 Å². The summed E-state index contributed by atoms with van der Waals surface area (Å²) in [5.74, 6) is -0.505. The zero-order valence-corrected chi connectivity index (χ0v) is 12.2. The van der Waals surface area contributed by atoms with Crippen LogP contribution in [0.15, 0.2) is 11.6 Å². The molecule has 0 aliphatic rings. The van der Waals surface area contributed by atoms with Gasteiger partial charge < -0.3 is 13.8 Å². The molecule has 17 heavy (non-hydrogen) atoms. The SMILES string of the molecule is C/C=C(\CP(=O)(OC)OC)C(=O)OC(C)(C)C. The van der Waals surface area contributed by atoms with Gasteiger partial charge >= 0.3 is 13.6 Å². The topological polar surface area (TPSA) is 61.8 Å². The summed E-state index contributed by atoms with van der Waals surface area (Å²) in [5, 5.41) is 0. The highest BCUT2D eigenvalue weighted by Gasteiger charge is 2.28. The molecule has 0 amide bonds. The van der Waals surface area contributed by atoms with Crippen LogP contribution in [-0.2, 0) is 23.1 Å². The molecule has 0 aromatic rings. The standard InChI is InChI=1S/C11H21O5P/c1-7-9(8-17(13,14-5)15-6)10(12)16-11(2,3)4/h7H,8H2,1-6H3/b9-7+. The van der Waals surface area contributed by atoms with Gasteiger partial charge in [0.15, 0.2) is 0 Å². The molecule has 0 heterocycles. The maximum Gasteiger partial charge on any atom is 0.334 e. The molecule has 0 unspecified atom stereocenters. The van der Waals surface area contributed by atoms with Gasteiger partial charge in [-0.1, -0.05) is 6.08 Å². The zero-order chi connectivity index (χ0) is 13.7. The van der Waals surface area contributed by atoms with Gasteiger partial charge in [-0.05, 0) is 27.7 Å². The minimum Gasteiger partial charge on any atom is -0.457 e. The predicted molar refractivity (Wildman–Crippen MR) is 66.1 cm³/mol. The molecule has 0 bridgehead atoms. The first-order valence-electron chi connectivity index (χ1n) is 5.26. The minimum atomic E-state index is -3.24. The van der Waals surface area contributed by atoms with E-state index in [9.17, 15) is 9.36 Å². The van der Waals surface area contributed by atoms with Crippen LogP contribution < -0.4 is 0 Å². The third-order valence-corrected chi connectivity index (χ3v) is 3.77. The molecule has 0 aliphatic heterocycles. The average Bonchev–Trinajstić information content (AvgIpc) is 2.23. The third-order valence-electron chi connectivity index (χ3n) is 1.93. The van der Waals surface area contributed by atoms with Crippen LogP contribution in [0.25, 0.3) is 0 Å². The van der Waals surface area contributed by atoms with Crippen molar-refractivity contribution in [3.05, 3.63) is 11.6 Å². The van der Waals surface area contributed by atoms with Gasteiger partial charge in [-0.25, -0.2) is 4.79 Å². The van der Waals surface area contributed by atoms with Crippen molar-refractivity contribution in [2.75, 3.05) is 20.4 Å². The summed E-state index contributed by atoms with van der Waals surface area (Å²) in [6.45, 7) is 6.98. The number of ether oxygens (including phenoxy) is 1. The smallest absolute Gasteiger partial charge is 0.334 e. The van der Waals surface area contributed by atoms with Crippen molar-refractivity contribution in [1.29, 1.82) is 0 Å². The van der Waals surface area contributed by atoms with Gasteiger partial charge in [0, 0.05) is 19.8 Å². The lowest BCUT2D eigenvalue weighted by atomic mass is 10.2. The molecular formula is C11H21O5P. The molecule has 0 aromatic heterocycles. The Hall–Kier alpha value is -0.640. The summed E-state index contributed by atoms with van der Waals surface area (Å²) in [6.07, 6.45) is 1.46. The van der Waals surface area contributed by atoms with Gasteiger partial charge in [0.2, 0.25) is 0 Å². The van der Waals surface area contributed by atoms with Crippen molar-refractivity contribution >= 4 is 13.6 Å². The molecule has 0 saturated carbocycles. The van der Waals surface area contributed by atoms with Crippen LogP contribution in [0.1, 0.15) is 27.7 Å². The normalized spacial score (nSPS) is 13.6. The molecule has 0 spiro atoms. The lowest BCUT2D eigenvalue weighted by Gasteiger charge is -2.21. The minimum absolute atomic E-state index is 0.0919. The Kier molecular flexibility index (Phi) is 6.10. The molecule has 0 aromatic carbocycles. The van der Waals surface area contributed by atoms with E-state index < -0.39 is 19.2 Å². The summed E-state index contributed by atoms with van der Waals surface area (Å²) in [7, 11) is -0.674. The third kappa shape index (κ3) is 6.01. The van der Waals surface area contributed by atoms with E-state index >= 15 is 0 Å². The molecule has 0 radical (unpaired) electrons. The van der Waals surface area contributed by atoms with Crippen LogP contribution >= 0.6 is 7.60 Å². The summed E-state index contributed by atoms with van der Waals surface area (Å²) < 4.78 is 26.7. The van der Waals surface area contributed by atoms with Crippen LogP contribution in [0.5, 0.6) is 0 Å². The second-order valence-corrected chi connectivity index (χ2v) is 6.72. The first-order valence-corrected chi connectivity index (χ1v) is 6.99. The quantitative estimate of drug-likeness (QED) is 0.434. The molecule has 5 nitrogen and oxygen atoms in total. The molecule has 0 atom stereocenters. The fourth-order valence-corrected chi connectivity index (χ4v) is 2.17. The molecule has 100 valence electrons. The van der Waals surface area contributed by atoms with Crippen molar-refractivity contribution in [1.82, 2.24) is 0 Å². The van der Waals surface area contributed by atoms with Crippen LogP contribution in [-0.4, -0.2) is 32.0 Å². The predicted octanol–water partition coefficient (Wildman–Crippen LogP) is 2.76. The van der Waals surface area contributed by atoms with E-state index in [-0.39, 0.29) is 11.7 Å². The number of allylic oxidation sites excluding steroid dienone is 1. The van der Waals surface area contributed by atoms with Crippen molar-refractivity contribution in [3.8, 4) is 0 Å². The van der Waals surface area contributed by atoms with Crippen LogP contribution in [0.2, 0.25) is 0 Å².